The molecule has 236 valence electrons. The summed E-state index contributed by atoms with van der Waals surface area (Å²) in [4.78, 5) is 52.1. The smallest absolute Gasteiger partial charge is 0.316 e. The Hall–Kier alpha value is -3.76. The Bertz CT molecular complexity index is 1290. The van der Waals surface area contributed by atoms with Crippen LogP contribution >= 0.6 is 0 Å². The zero-order valence-electron chi connectivity index (χ0n) is 27.0. The number of amides is 2. The zero-order chi connectivity index (χ0) is 32.8. The number of carbonyl (C=O) groups is 4. The molecule has 0 saturated carbocycles. The van der Waals surface area contributed by atoms with Crippen LogP contribution in [0.2, 0.25) is 0 Å². The number of likely N-dealkylation sites (N-methyl/N-ethyl adjacent to an activating group) is 1. The van der Waals surface area contributed by atoms with E-state index in [1.54, 1.807) is 85.8 Å². The first kappa shape index (κ1) is 35.4. The molecule has 0 spiro atoms. The highest BCUT2D eigenvalue weighted by Crippen LogP contribution is 2.34. The van der Waals surface area contributed by atoms with Gasteiger partial charge in [0.1, 0.15) is 6.04 Å². The molecule has 0 aliphatic rings. The molecule has 2 aromatic rings. The average molecular weight is 598 g/mol. The van der Waals surface area contributed by atoms with Gasteiger partial charge in [-0.1, -0.05) is 24.3 Å². The van der Waals surface area contributed by atoms with E-state index in [2.05, 4.69) is 10.6 Å². The molecule has 2 aromatic carbocycles. The maximum absolute atomic E-state index is 12.8. The number of β-amino-alcohol motifs (C(OH)–C–C–N with tert-alkyl or cyclic N) is 1. The monoisotopic (exact) mass is 597 g/mol. The van der Waals surface area contributed by atoms with E-state index < -0.39 is 40.5 Å². The van der Waals surface area contributed by atoms with Crippen LogP contribution < -0.4 is 20.1 Å². The van der Waals surface area contributed by atoms with Gasteiger partial charge in [0.2, 0.25) is 5.91 Å². The van der Waals surface area contributed by atoms with Crippen molar-refractivity contribution in [3.8, 4) is 11.5 Å². The number of benzene rings is 2. The lowest BCUT2D eigenvalue weighted by molar-refractivity contribution is -0.145. The molecule has 0 aliphatic heterocycles. The quantitative estimate of drug-likeness (QED) is 0.258. The molecule has 2 atom stereocenters. The van der Waals surface area contributed by atoms with Crippen molar-refractivity contribution in [1.82, 2.24) is 15.5 Å². The number of hydrogen-bond acceptors (Lipinski definition) is 8. The molecule has 0 aliphatic carbocycles. The molecule has 0 fully saturated rings. The van der Waals surface area contributed by atoms with Crippen LogP contribution in [0.25, 0.3) is 0 Å². The molecule has 2 rings (SSSR count). The summed E-state index contributed by atoms with van der Waals surface area (Å²) >= 11 is 0. The van der Waals surface area contributed by atoms with E-state index in [-0.39, 0.29) is 36.4 Å². The van der Waals surface area contributed by atoms with Gasteiger partial charge in [0.15, 0.2) is 11.5 Å². The number of ether oxygens (including phenoxy) is 2. The highest BCUT2D eigenvalue weighted by Gasteiger charge is 2.30. The minimum Gasteiger partial charge on any atom is -0.422 e. The van der Waals surface area contributed by atoms with Crippen LogP contribution in [0, 0.1) is 10.8 Å². The average Bonchev–Trinajstić information content (AvgIpc) is 2.93. The molecule has 10 nitrogen and oxygen atoms in total. The first-order valence-electron chi connectivity index (χ1n) is 14.3. The molecular formula is C33H47N3O7. The van der Waals surface area contributed by atoms with Crippen molar-refractivity contribution in [2.24, 2.45) is 10.8 Å². The summed E-state index contributed by atoms with van der Waals surface area (Å²) < 4.78 is 11.1. The Morgan fingerprint density at radius 2 is 1.37 bits per heavy atom. The molecule has 10 heteroatoms. The Balaban J connectivity index is 2.06. The van der Waals surface area contributed by atoms with Crippen molar-refractivity contribution in [1.29, 1.82) is 0 Å². The number of nitrogens with one attached hydrogen (secondary N) is 2. The van der Waals surface area contributed by atoms with E-state index in [1.165, 1.54) is 17.0 Å². The molecule has 0 saturated heterocycles. The number of rotatable bonds is 11. The van der Waals surface area contributed by atoms with Gasteiger partial charge in [0.25, 0.3) is 5.91 Å². The lowest BCUT2D eigenvalue weighted by atomic mass is 9.97. The van der Waals surface area contributed by atoms with Crippen LogP contribution in [0.1, 0.15) is 84.3 Å². The fraction of sp³-hybridized carbons (Fsp3) is 0.515. The first-order valence-corrected chi connectivity index (χ1v) is 14.3. The van der Waals surface area contributed by atoms with Crippen molar-refractivity contribution in [3.05, 3.63) is 59.7 Å². The minimum absolute atomic E-state index is 0.0313. The van der Waals surface area contributed by atoms with E-state index in [0.717, 1.165) is 0 Å². The summed E-state index contributed by atoms with van der Waals surface area (Å²) in [6.45, 7) is 16.0. The van der Waals surface area contributed by atoms with Gasteiger partial charge in [-0.3, -0.25) is 19.2 Å². The molecule has 3 N–H and O–H groups in total. The summed E-state index contributed by atoms with van der Waals surface area (Å²) in [5, 5.41) is 17.1. The Morgan fingerprint density at radius 1 is 0.837 bits per heavy atom. The standard InChI is InChI=1S/C33H47N3O7/c1-21(36(10)28(39)22-14-12-11-13-15-22)27(38)34-20-33(8,9)35-19-24(37)23-16-17-25(42-29(40)31(2,3)4)26(18-23)43-30(41)32(5,6)7/h11-18,21,24,35,37H,19-20H2,1-10H3,(H,34,38). The van der Waals surface area contributed by atoms with E-state index in [1.807, 2.05) is 19.9 Å². The minimum atomic E-state index is -1.01. The van der Waals surface area contributed by atoms with Gasteiger partial charge in [0.05, 0.1) is 16.9 Å². The fourth-order valence-electron chi connectivity index (χ4n) is 3.55. The van der Waals surface area contributed by atoms with Gasteiger partial charge in [-0.2, -0.15) is 0 Å². The van der Waals surface area contributed by atoms with Gasteiger partial charge in [-0.05, 0) is 92.1 Å². The highest BCUT2D eigenvalue weighted by atomic mass is 16.6. The number of nitrogens with zero attached hydrogens (tertiary/aromatic N) is 1. The van der Waals surface area contributed by atoms with Crippen molar-refractivity contribution >= 4 is 23.8 Å². The third-order valence-electron chi connectivity index (χ3n) is 6.76. The van der Waals surface area contributed by atoms with E-state index in [9.17, 15) is 24.3 Å². The molecule has 0 aromatic heterocycles. The molecule has 2 amide bonds. The normalized spacial score (nSPS) is 13.5. The zero-order valence-corrected chi connectivity index (χ0v) is 27.0. The third kappa shape index (κ3) is 10.5. The molecule has 0 heterocycles. The van der Waals surface area contributed by atoms with Crippen LogP contribution in [0.5, 0.6) is 11.5 Å². The van der Waals surface area contributed by atoms with Crippen molar-refractivity contribution in [2.45, 2.75) is 80.0 Å². The van der Waals surface area contributed by atoms with Crippen molar-refractivity contribution in [3.63, 3.8) is 0 Å². The second-order valence-corrected chi connectivity index (χ2v) is 13.4. The summed E-state index contributed by atoms with van der Waals surface area (Å²) in [5.74, 6) is -1.47. The topological polar surface area (TPSA) is 134 Å². The molecular weight excluding hydrogens is 550 g/mol. The van der Waals surface area contributed by atoms with Gasteiger partial charge in [-0.15, -0.1) is 0 Å². The Morgan fingerprint density at radius 3 is 1.91 bits per heavy atom. The molecule has 0 radical (unpaired) electrons. The fourth-order valence-corrected chi connectivity index (χ4v) is 3.55. The predicted molar refractivity (Wildman–Crippen MR) is 165 cm³/mol. The number of carbonyl (C=O) groups excluding carboxylic acids is 4. The summed E-state index contributed by atoms with van der Waals surface area (Å²) in [6.07, 6.45) is -1.01. The SMILES string of the molecule is CC(C(=O)NCC(C)(C)NCC(O)c1ccc(OC(=O)C(C)(C)C)c(OC(=O)C(C)(C)C)c1)N(C)C(=O)c1ccccc1. The van der Waals surface area contributed by atoms with Gasteiger partial charge < -0.3 is 30.1 Å². The van der Waals surface area contributed by atoms with Crippen LogP contribution in [0.3, 0.4) is 0 Å². The lowest BCUT2D eigenvalue weighted by Gasteiger charge is -2.30. The summed E-state index contributed by atoms with van der Waals surface area (Å²) in [5.41, 5.74) is -1.27. The second kappa shape index (κ2) is 14.1. The van der Waals surface area contributed by atoms with Crippen molar-refractivity contribution in [2.75, 3.05) is 20.1 Å². The van der Waals surface area contributed by atoms with Gasteiger partial charge in [-0.25, -0.2) is 0 Å². The van der Waals surface area contributed by atoms with Crippen LogP contribution in [-0.2, 0) is 14.4 Å². The molecule has 0 bridgehead atoms. The maximum atomic E-state index is 12.8. The van der Waals surface area contributed by atoms with E-state index in [0.29, 0.717) is 11.1 Å². The van der Waals surface area contributed by atoms with Crippen molar-refractivity contribution < 1.29 is 33.8 Å². The van der Waals surface area contributed by atoms with Gasteiger partial charge in [0, 0.05) is 31.2 Å². The number of esters is 2. The van der Waals surface area contributed by atoms with Crippen LogP contribution in [0.4, 0.5) is 0 Å². The lowest BCUT2D eigenvalue weighted by Crippen LogP contribution is -2.53. The maximum Gasteiger partial charge on any atom is 0.316 e. The van der Waals surface area contributed by atoms with E-state index in [4.69, 9.17) is 9.47 Å². The number of hydrogen-bond donors (Lipinski definition) is 3. The Kier molecular flexibility index (Phi) is 11.7. The third-order valence-corrected chi connectivity index (χ3v) is 6.76. The summed E-state index contributed by atoms with van der Waals surface area (Å²) in [7, 11) is 1.59. The Labute approximate surface area is 255 Å². The first-order chi connectivity index (χ1) is 19.7. The summed E-state index contributed by atoms with van der Waals surface area (Å²) in [6, 6.07) is 12.6. The van der Waals surface area contributed by atoms with Crippen LogP contribution in [0.15, 0.2) is 48.5 Å². The number of aliphatic hydroxyl groups is 1. The van der Waals surface area contributed by atoms with Crippen LogP contribution in [-0.4, -0.2) is 65.5 Å². The van der Waals surface area contributed by atoms with Gasteiger partial charge >= 0.3 is 11.9 Å². The predicted octanol–water partition coefficient (Wildman–Crippen LogP) is 4.27. The number of aliphatic hydroxyl groups excluding tert-OH is 1. The van der Waals surface area contributed by atoms with E-state index >= 15 is 0 Å². The molecule has 43 heavy (non-hydrogen) atoms. The highest BCUT2D eigenvalue weighted by molar-refractivity contribution is 5.97. The second-order valence-electron chi connectivity index (χ2n) is 13.4. The molecule has 2 unspecified atom stereocenters. The largest absolute Gasteiger partial charge is 0.422 e.